The summed E-state index contributed by atoms with van der Waals surface area (Å²) in [6, 6.07) is 0.364. The van der Waals surface area contributed by atoms with Crippen molar-refractivity contribution in [3.05, 3.63) is 0 Å². The van der Waals surface area contributed by atoms with Crippen LogP contribution in [0.3, 0.4) is 0 Å². The Labute approximate surface area is 131 Å². The first kappa shape index (κ1) is 15.6. The molecule has 0 aromatic carbocycles. The Balaban J connectivity index is 1.59. The number of carbonyl (C=O) groups is 2. The van der Waals surface area contributed by atoms with Crippen molar-refractivity contribution in [2.24, 2.45) is 11.3 Å². The van der Waals surface area contributed by atoms with Crippen LogP contribution in [0.5, 0.6) is 0 Å². The second kappa shape index (κ2) is 6.44. The van der Waals surface area contributed by atoms with E-state index in [1.165, 1.54) is 12.8 Å². The quantitative estimate of drug-likeness (QED) is 0.777. The zero-order valence-corrected chi connectivity index (χ0v) is 13.1. The summed E-state index contributed by atoms with van der Waals surface area (Å²) in [5.41, 5.74) is 0.262. The minimum absolute atomic E-state index is 0.00865. The molecule has 3 aliphatic rings. The average Bonchev–Trinajstić information content (AvgIpc) is 3.08. The van der Waals surface area contributed by atoms with Crippen LogP contribution in [0.2, 0.25) is 0 Å². The van der Waals surface area contributed by atoms with Crippen LogP contribution in [0, 0.1) is 11.3 Å². The zero-order valence-electron chi connectivity index (χ0n) is 13.1. The third-order valence-electron chi connectivity index (χ3n) is 5.74. The van der Waals surface area contributed by atoms with Crippen molar-refractivity contribution in [1.29, 1.82) is 0 Å². The van der Waals surface area contributed by atoms with E-state index in [1.807, 2.05) is 4.90 Å². The minimum atomic E-state index is -0.813. The lowest BCUT2D eigenvalue weighted by molar-refractivity contribution is -0.137. The van der Waals surface area contributed by atoms with E-state index in [0.29, 0.717) is 24.9 Å². The number of nitrogens with zero attached hydrogens (tertiary/aromatic N) is 1. The van der Waals surface area contributed by atoms with Crippen molar-refractivity contribution in [3.8, 4) is 0 Å². The van der Waals surface area contributed by atoms with Gasteiger partial charge in [0.2, 0.25) is 0 Å². The monoisotopic (exact) mass is 310 g/mol. The molecule has 3 rings (SSSR count). The minimum Gasteiger partial charge on any atom is -0.481 e. The van der Waals surface area contributed by atoms with Gasteiger partial charge < -0.3 is 20.1 Å². The molecule has 1 spiro atoms. The normalized spacial score (nSPS) is 29.5. The van der Waals surface area contributed by atoms with E-state index in [0.717, 1.165) is 39.0 Å². The Kier molecular flexibility index (Phi) is 4.57. The van der Waals surface area contributed by atoms with Gasteiger partial charge in [0.25, 0.3) is 0 Å². The number of amides is 2. The van der Waals surface area contributed by atoms with Crippen molar-refractivity contribution in [3.63, 3.8) is 0 Å². The molecule has 2 heterocycles. The molecule has 0 aromatic heterocycles. The Morgan fingerprint density at radius 1 is 1.27 bits per heavy atom. The third-order valence-corrected chi connectivity index (χ3v) is 5.74. The van der Waals surface area contributed by atoms with Gasteiger partial charge in [-0.2, -0.15) is 0 Å². The summed E-state index contributed by atoms with van der Waals surface area (Å²) >= 11 is 0. The number of likely N-dealkylation sites (tertiary alicyclic amines) is 1. The van der Waals surface area contributed by atoms with Crippen molar-refractivity contribution >= 4 is 12.0 Å². The summed E-state index contributed by atoms with van der Waals surface area (Å²) in [5, 5.41) is 11.6. The molecule has 0 aromatic rings. The summed E-state index contributed by atoms with van der Waals surface area (Å²) in [5.74, 6) is -0.186. The first-order valence-corrected chi connectivity index (χ1v) is 8.46. The van der Waals surface area contributed by atoms with Crippen LogP contribution in [0.4, 0.5) is 4.79 Å². The fourth-order valence-electron chi connectivity index (χ4n) is 4.67. The summed E-state index contributed by atoms with van der Waals surface area (Å²) < 4.78 is 5.53. The number of fused-ring (bicyclic) bond motifs is 2. The highest BCUT2D eigenvalue weighted by atomic mass is 16.5. The maximum atomic E-state index is 12.5. The summed E-state index contributed by atoms with van der Waals surface area (Å²) in [7, 11) is 0. The smallest absolute Gasteiger partial charge is 0.317 e. The number of aliphatic carboxylic acids is 1. The molecule has 2 atom stereocenters. The Morgan fingerprint density at radius 3 is 2.77 bits per heavy atom. The lowest BCUT2D eigenvalue weighted by Gasteiger charge is -2.37. The molecular weight excluding hydrogens is 284 g/mol. The van der Waals surface area contributed by atoms with Gasteiger partial charge in [0.1, 0.15) is 0 Å². The fourth-order valence-corrected chi connectivity index (χ4v) is 4.67. The lowest BCUT2D eigenvalue weighted by atomic mass is 9.71. The van der Waals surface area contributed by atoms with Gasteiger partial charge in [0, 0.05) is 38.8 Å². The number of carboxylic acids is 1. The van der Waals surface area contributed by atoms with E-state index in [1.54, 1.807) is 0 Å². The SMILES string of the molecule is O=C(O)CCCNC(=O)N1CC2(CCOCC2)[C@@H]2CCC[C@@H]21. The molecule has 0 unspecified atom stereocenters. The Hall–Kier alpha value is -1.30. The molecule has 6 heteroatoms. The maximum Gasteiger partial charge on any atom is 0.317 e. The number of carbonyl (C=O) groups excluding carboxylic acids is 1. The molecule has 1 saturated carbocycles. The molecule has 22 heavy (non-hydrogen) atoms. The van der Waals surface area contributed by atoms with Crippen LogP contribution in [-0.4, -0.2) is 54.4 Å². The molecule has 2 amide bonds. The van der Waals surface area contributed by atoms with Crippen molar-refractivity contribution in [1.82, 2.24) is 10.2 Å². The molecular formula is C16H26N2O4. The fraction of sp³-hybridized carbons (Fsp3) is 0.875. The zero-order chi connectivity index (χ0) is 15.6. The molecule has 0 radical (unpaired) electrons. The highest BCUT2D eigenvalue weighted by Crippen LogP contribution is 2.53. The van der Waals surface area contributed by atoms with Gasteiger partial charge in [-0.15, -0.1) is 0 Å². The van der Waals surface area contributed by atoms with Gasteiger partial charge in [0.15, 0.2) is 0 Å². The van der Waals surface area contributed by atoms with E-state index < -0.39 is 5.97 Å². The molecule has 124 valence electrons. The number of urea groups is 1. The molecule has 6 nitrogen and oxygen atoms in total. The van der Waals surface area contributed by atoms with Crippen LogP contribution in [-0.2, 0) is 9.53 Å². The predicted molar refractivity (Wildman–Crippen MR) is 80.6 cm³/mol. The highest BCUT2D eigenvalue weighted by molar-refractivity contribution is 5.75. The van der Waals surface area contributed by atoms with E-state index in [-0.39, 0.29) is 17.9 Å². The van der Waals surface area contributed by atoms with E-state index in [4.69, 9.17) is 9.84 Å². The molecule has 3 fully saturated rings. The molecule has 1 aliphatic carbocycles. The van der Waals surface area contributed by atoms with Crippen molar-refractivity contribution < 1.29 is 19.4 Å². The number of nitrogens with one attached hydrogen (secondary N) is 1. The van der Waals surface area contributed by atoms with E-state index in [9.17, 15) is 9.59 Å². The number of ether oxygens (including phenoxy) is 1. The summed E-state index contributed by atoms with van der Waals surface area (Å²) in [4.78, 5) is 25.0. The van der Waals surface area contributed by atoms with Gasteiger partial charge >= 0.3 is 12.0 Å². The third kappa shape index (κ3) is 2.93. The number of hydrogen-bond acceptors (Lipinski definition) is 3. The maximum absolute atomic E-state index is 12.5. The summed E-state index contributed by atoms with van der Waals surface area (Å²) in [6.45, 7) is 2.92. The average molecular weight is 310 g/mol. The molecule has 0 bridgehead atoms. The second-order valence-corrected chi connectivity index (χ2v) is 6.94. The van der Waals surface area contributed by atoms with Crippen LogP contribution < -0.4 is 5.32 Å². The van der Waals surface area contributed by atoms with Crippen LogP contribution in [0.25, 0.3) is 0 Å². The van der Waals surface area contributed by atoms with Crippen LogP contribution in [0.1, 0.15) is 44.9 Å². The largest absolute Gasteiger partial charge is 0.481 e. The first-order chi connectivity index (χ1) is 10.6. The number of carboxylic acid groups (broad SMARTS) is 1. The second-order valence-electron chi connectivity index (χ2n) is 6.94. The van der Waals surface area contributed by atoms with Gasteiger partial charge in [-0.3, -0.25) is 4.79 Å². The van der Waals surface area contributed by atoms with Crippen LogP contribution >= 0.6 is 0 Å². The van der Waals surface area contributed by atoms with Gasteiger partial charge in [-0.25, -0.2) is 4.79 Å². The topological polar surface area (TPSA) is 78.9 Å². The number of hydrogen-bond donors (Lipinski definition) is 2. The highest BCUT2D eigenvalue weighted by Gasteiger charge is 2.55. The van der Waals surface area contributed by atoms with E-state index >= 15 is 0 Å². The van der Waals surface area contributed by atoms with Crippen molar-refractivity contribution in [2.75, 3.05) is 26.3 Å². The summed E-state index contributed by atoms with van der Waals surface area (Å²) in [6.07, 6.45) is 6.27. The van der Waals surface area contributed by atoms with E-state index in [2.05, 4.69) is 5.32 Å². The van der Waals surface area contributed by atoms with Gasteiger partial charge in [-0.05, 0) is 43.4 Å². The first-order valence-electron chi connectivity index (χ1n) is 8.46. The predicted octanol–water partition coefficient (Wildman–Crippen LogP) is 1.84. The molecule has 2 saturated heterocycles. The van der Waals surface area contributed by atoms with Crippen molar-refractivity contribution in [2.45, 2.75) is 51.0 Å². The standard InChI is InChI=1S/C16H26N2O4/c19-14(20)5-2-8-17-15(21)18-11-16(6-9-22-10-7-16)12-3-1-4-13(12)18/h12-13H,1-11H2,(H,17,21)(H,19,20)/t12-,13+/m1/s1. The lowest BCUT2D eigenvalue weighted by Crippen LogP contribution is -2.44. The Morgan fingerprint density at radius 2 is 2.05 bits per heavy atom. The molecule has 2 aliphatic heterocycles. The van der Waals surface area contributed by atoms with Crippen LogP contribution in [0.15, 0.2) is 0 Å². The van der Waals surface area contributed by atoms with Gasteiger partial charge in [-0.1, -0.05) is 6.42 Å². The number of rotatable bonds is 4. The van der Waals surface area contributed by atoms with Gasteiger partial charge in [0.05, 0.1) is 0 Å². The molecule has 2 N–H and O–H groups in total. The Bertz CT molecular complexity index is 434.